The summed E-state index contributed by atoms with van der Waals surface area (Å²) in [4.78, 5) is 0. The first kappa shape index (κ1) is 12.0. The van der Waals surface area contributed by atoms with Crippen LogP contribution in [0.3, 0.4) is 0 Å². The molecule has 2 rings (SSSR count). The number of hydrogen-bond acceptors (Lipinski definition) is 4. The standard InChI is InChI=1S/2C3H7NS.H2S/c2*1-2-5-3-4-1;/h2*4H,1-3H2;1H2. The molecule has 0 aromatic carbocycles. The van der Waals surface area contributed by atoms with Crippen molar-refractivity contribution in [1.29, 1.82) is 0 Å². The normalized spacial score (nSPS) is 21.8. The van der Waals surface area contributed by atoms with Gasteiger partial charge in [0.2, 0.25) is 0 Å². The molecule has 0 amide bonds. The van der Waals surface area contributed by atoms with Crippen LogP contribution in [-0.2, 0) is 0 Å². The summed E-state index contributed by atoms with van der Waals surface area (Å²) in [6.07, 6.45) is 0. The van der Waals surface area contributed by atoms with Crippen molar-refractivity contribution in [1.82, 2.24) is 10.6 Å². The van der Waals surface area contributed by atoms with Crippen LogP contribution < -0.4 is 10.6 Å². The Balaban J connectivity index is 0.000000167. The van der Waals surface area contributed by atoms with E-state index in [1.165, 1.54) is 36.3 Å². The maximum Gasteiger partial charge on any atom is 0.0418 e. The summed E-state index contributed by atoms with van der Waals surface area (Å²) in [5.41, 5.74) is 0. The van der Waals surface area contributed by atoms with E-state index < -0.39 is 0 Å². The summed E-state index contributed by atoms with van der Waals surface area (Å²) in [5.74, 6) is 4.94. The Hall–Kier alpha value is 0.970. The zero-order valence-electron chi connectivity index (χ0n) is 6.56. The highest BCUT2D eigenvalue weighted by Gasteiger charge is 1.93. The fraction of sp³-hybridized carbons (Fsp3) is 1.00. The van der Waals surface area contributed by atoms with Gasteiger partial charge in [0.1, 0.15) is 0 Å². The average molecular weight is 212 g/mol. The lowest BCUT2D eigenvalue weighted by molar-refractivity contribution is 0.885. The van der Waals surface area contributed by atoms with Crippen molar-refractivity contribution in [2.45, 2.75) is 0 Å². The van der Waals surface area contributed by atoms with Crippen molar-refractivity contribution in [3.05, 3.63) is 0 Å². The Kier molecular flexibility index (Phi) is 9.86. The van der Waals surface area contributed by atoms with Crippen LogP contribution in [0.2, 0.25) is 0 Å². The molecule has 0 spiro atoms. The molecule has 2 saturated heterocycles. The first-order valence-electron chi connectivity index (χ1n) is 3.57. The third kappa shape index (κ3) is 7.33. The van der Waals surface area contributed by atoms with Crippen molar-refractivity contribution in [2.24, 2.45) is 0 Å². The summed E-state index contributed by atoms with van der Waals surface area (Å²) < 4.78 is 0. The Labute approximate surface area is 84.1 Å². The second-order valence-corrected chi connectivity index (χ2v) is 4.32. The van der Waals surface area contributed by atoms with Crippen molar-refractivity contribution >= 4 is 37.0 Å². The van der Waals surface area contributed by atoms with Crippen LogP contribution in [0, 0.1) is 0 Å². The largest absolute Gasteiger partial charge is 0.307 e. The fourth-order valence-electron chi connectivity index (χ4n) is 0.722. The van der Waals surface area contributed by atoms with E-state index >= 15 is 0 Å². The first-order valence-corrected chi connectivity index (χ1v) is 5.88. The van der Waals surface area contributed by atoms with E-state index in [4.69, 9.17) is 0 Å². The van der Waals surface area contributed by atoms with Crippen molar-refractivity contribution < 1.29 is 0 Å². The Morgan fingerprint density at radius 1 is 0.818 bits per heavy atom. The molecule has 0 atom stereocenters. The van der Waals surface area contributed by atoms with Gasteiger partial charge >= 0.3 is 0 Å². The highest BCUT2D eigenvalue weighted by atomic mass is 32.2. The lowest BCUT2D eigenvalue weighted by Gasteiger charge is -1.74. The summed E-state index contributed by atoms with van der Waals surface area (Å²) in [7, 11) is 0. The Morgan fingerprint density at radius 3 is 1.36 bits per heavy atom. The molecule has 2 nitrogen and oxygen atoms in total. The number of rotatable bonds is 0. The van der Waals surface area contributed by atoms with Gasteiger partial charge in [-0.05, 0) is 0 Å². The molecule has 2 aliphatic rings. The minimum absolute atomic E-state index is 0. The molecular weight excluding hydrogens is 196 g/mol. The number of hydrogen-bond donors (Lipinski definition) is 2. The van der Waals surface area contributed by atoms with Gasteiger partial charge in [0, 0.05) is 36.3 Å². The van der Waals surface area contributed by atoms with Crippen molar-refractivity contribution in [3.8, 4) is 0 Å². The monoisotopic (exact) mass is 212 g/mol. The van der Waals surface area contributed by atoms with Crippen LogP contribution in [0.25, 0.3) is 0 Å². The van der Waals surface area contributed by atoms with Gasteiger partial charge in [-0.25, -0.2) is 0 Å². The summed E-state index contributed by atoms with van der Waals surface area (Å²) in [6.45, 7) is 2.43. The summed E-state index contributed by atoms with van der Waals surface area (Å²) in [5, 5.41) is 6.37. The molecule has 0 aliphatic carbocycles. The lowest BCUT2D eigenvalue weighted by Crippen LogP contribution is -2.04. The van der Waals surface area contributed by atoms with Crippen LogP contribution in [0.4, 0.5) is 0 Å². The van der Waals surface area contributed by atoms with Crippen LogP contribution in [0.1, 0.15) is 0 Å². The molecule has 2 aliphatic heterocycles. The van der Waals surface area contributed by atoms with Crippen LogP contribution in [-0.4, -0.2) is 36.3 Å². The van der Waals surface area contributed by atoms with E-state index in [0.29, 0.717) is 0 Å². The minimum Gasteiger partial charge on any atom is -0.307 e. The van der Waals surface area contributed by atoms with Gasteiger partial charge in [-0.1, -0.05) is 0 Å². The molecule has 0 saturated carbocycles. The molecule has 68 valence electrons. The van der Waals surface area contributed by atoms with E-state index in [9.17, 15) is 0 Å². The molecule has 5 heteroatoms. The Morgan fingerprint density at radius 2 is 1.27 bits per heavy atom. The third-order valence-corrected chi connectivity index (χ3v) is 3.06. The lowest BCUT2D eigenvalue weighted by atomic mass is 10.8. The van der Waals surface area contributed by atoms with Crippen molar-refractivity contribution in [2.75, 3.05) is 36.3 Å². The maximum atomic E-state index is 3.19. The predicted molar refractivity (Wildman–Crippen MR) is 61.0 cm³/mol. The second-order valence-electron chi connectivity index (χ2n) is 2.11. The van der Waals surface area contributed by atoms with Gasteiger partial charge in [0.25, 0.3) is 0 Å². The summed E-state index contributed by atoms with van der Waals surface area (Å²) in [6, 6.07) is 0. The maximum absolute atomic E-state index is 3.19. The molecule has 2 N–H and O–H groups in total. The van der Waals surface area contributed by atoms with Crippen LogP contribution in [0.15, 0.2) is 0 Å². The Bertz CT molecular complexity index is 49.0. The third-order valence-electron chi connectivity index (χ3n) is 1.25. The van der Waals surface area contributed by atoms with Gasteiger partial charge < -0.3 is 10.6 Å². The number of thioether (sulfide) groups is 2. The molecule has 2 fully saturated rings. The van der Waals surface area contributed by atoms with E-state index in [1.54, 1.807) is 0 Å². The summed E-state index contributed by atoms with van der Waals surface area (Å²) >= 11 is 3.93. The van der Waals surface area contributed by atoms with Gasteiger partial charge in [-0.15, -0.1) is 23.5 Å². The molecular formula is C6H16N2S3. The van der Waals surface area contributed by atoms with E-state index in [1.807, 2.05) is 23.5 Å². The topological polar surface area (TPSA) is 24.1 Å². The van der Waals surface area contributed by atoms with Gasteiger partial charge in [-0.3, -0.25) is 0 Å². The zero-order valence-corrected chi connectivity index (χ0v) is 9.19. The second kappa shape index (κ2) is 9.06. The predicted octanol–water partition coefficient (Wildman–Crippen LogP) is 0.673. The van der Waals surface area contributed by atoms with Crippen LogP contribution in [0.5, 0.6) is 0 Å². The minimum atomic E-state index is 0. The molecule has 0 radical (unpaired) electrons. The molecule has 11 heavy (non-hydrogen) atoms. The van der Waals surface area contributed by atoms with Gasteiger partial charge in [0.05, 0.1) is 0 Å². The van der Waals surface area contributed by atoms with E-state index in [0.717, 1.165) is 0 Å². The van der Waals surface area contributed by atoms with Gasteiger partial charge in [-0.2, -0.15) is 13.5 Å². The molecule has 0 aromatic rings. The first-order chi connectivity index (χ1) is 5.00. The highest BCUT2D eigenvalue weighted by Crippen LogP contribution is 2.00. The average Bonchev–Trinajstić information content (AvgIpc) is 2.67. The van der Waals surface area contributed by atoms with E-state index in [-0.39, 0.29) is 13.5 Å². The van der Waals surface area contributed by atoms with E-state index in [2.05, 4.69) is 10.6 Å². The zero-order chi connectivity index (χ0) is 7.07. The molecule has 2 heterocycles. The van der Waals surface area contributed by atoms with Gasteiger partial charge in [0.15, 0.2) is 0 Å². The fourth-order valence-corrected chi connectivity index (χ4v) is 2.17. The quantitative estimate of drug-likeness (QED) is 0.616. The SMILES string of the molecule is C1CSCN1.C1CSCN1.S. The molecule has 0 bridgehead atoms. The van der Waals surface area contributed by atoms with Crippen molar-refractivity contribution in [3.63, 3.8) is 0 Å². The molecule has 0 aromatic heterocycles. The van der Waals surface area contributed by atoms with Crippen LogP contribution >= 0.6 is 37.0 Å². The number of nitrogens with one attached hydrogen (secondary N) is 2. The highest BCUT2D eigenvalue weighted by molar-refractivity contribution is 7.99. The molecule has 0 unspecified atom stereocenters. The smallest absolute Gasteiger partial charge is 0.0418 e.